The van der Waals surface area contributed by atoms with Gasteiger partial charge < -0.3 is 5.73 Å². The Balaban J connectivity index is 2.47. The maximum atomic E-state index is 12.3. The average Bonchev–Trinajstić information content (AvgIpc) is 2.39. The molecule has 0 saturated heterocycles. The van der Waals surface area contributed by atoms with Gasteiger partial charge >= 0.3 is 0 Å². The quantitative estimate of drug-likeness (QED) is 0.843. The van der Waals surface area contributed by atoms with E-state index in [1.807, 2.05) is 0 Å². The lowest BCUT2D eigenvalue weighted by Crippen LogP contribution is -2.14. The number of benzene rings is 2. The molecule has 0 aromatic heterocycles. The molecule has 106 valence electrons. The van der Waals surface area contributed by atoms with Crippen molar-refractivity contribution in [3.8, 4) is 0 Å². The lowest BCUT2D eigenvalue weighted by Gasteiger charge is -2.13. The summed E-state index contributed by atoms with van der Waals surface area (Å²) in [7, 11) is -3.80. The first-order chi connectivity index (χ1) is 9.31. The average molecular weight is 331 g/mol. The lowest BCUT2D eigenvalue weighted by atomic mass is 10.2. The highest BCUT2D eigenvalue weighted by Gasteiger charge is 2.18. The van der Waals surface area contributed by atoms with Gasteiger partial charge in [-0.3, -0.25) is 4.72 Å². The summed E-state index contributed by atoms with van der Waals surface area (Å²) in [6, 6.07) is 9.26. The third-order valence-corrected chi connectivity index (χ3v) is 4.84. The molecule has 0 aliphatic carbocycles. The summed E-state index contributed by atoms with van der Waals surface area (Å²) < 4.78 is 27.0. The molecular formula is C13H12Cl2N2O2S. The molecule has 3 N–H and O–H groups in total. The Bertz CT molecular complexity index is 761. The Morgan fingerprint density at radius 3 is 2.50 bits per heavy atom. The molecular weight excluding hydrogens is 319 g/mol. The van der Waals surface area contributed by atoms with Crippen molar-refractivity contribution in [2.75, 3.05) is 10.5 Å². The number of sulfonamides is 1. The molecule has 0 spiro atoms. The number of nitrogens with one attached hydrogen (secondary N) is 1. The molecule has 0 amide bonds. The molecule has 20 heavy (non-hydrogen) atoms. The third kappa shape index (κ3) is 3.00. The summed E-state index contributed by atoms with van der Waals surface area (Å²) >= 11 is 12.1. The van der Waals surface area contributed by atoms with Gasteiger partial charge in [-0.1, -0.05) is 35.3 Å². The molecule has 0 aliphatic rings. The van der Waals surface area contributed by atoms with Crippen LogP contribution in [0.4, 0.5) is 11.4 Å². The molecule has 2 aromatic carbocycles. The van der Waals surface area contributed by atoms with Crippen LogP contribution in [0.15, 0.2) is 41.3 Å². The van der Waals surface area contributed by atoms with Crippen LogP contribution >= 0.6 is 23.2 Å². The van der Waals surface area contributed by atoms with Crippen LogP contribution in [-0.4, -0.2) is 8.42 Å². The molecule has 2 rings (SSSR count). The largest absolute Gasteiger partial charge is 0.399 e. The topological polar surface area (TPSA) is 72.2 Å². The van der Waals surface area contributed by atoms with Crippen LogP contribution in [0.25, 0.3) is 0 Å². The highest BCUT2D eigenvalue weighted by molar-refractivity contribution is 7.92. The highest BCUT2D eigenvalue weighted by Crippen LogP contribution is 2.34. The van der Waals surface area contributed by atoms with Gasteiger partial charge in [-0.15, -0.1) is 0 Å². The Kier molecular flexibility index (Phi) is 4.13. The third-order valence-electron chi connectivity index (χ3n) is 2.69. The zero-order valence-electron chi connectivity index (χ0n) is 10.5. The number of rotatable bonds is 3. The number of hydrogen-bond donors (Lipinski definition) is 2. The zero-order chi connectivity index (χ0) is 14.9. The van der Waals surface area contributed by atoms with Crippen LogP contribution in [0.5, 0.6) is 0 Å². The van der Waals surface area contributed by atoms with Crippen LogP contribution in [0.3, 0.4) is 0 Å². The zero-order valence-corrected chi connectivity index (χ0v) is 12.9. The summed E-state index contributed by atoms with van der Waals surface area (Å²) in [6.45, 7) is 1.76. The van der Waals surface area contributed by atoms with E-state index in [1.54, 1.807) is 31.2 Å². The van der Waals surface area contributed by atoms with Crippen molar-refractivity contribution in [1.82, 2.24) is 0 Å². The minimum Gasteiger partial charge on any atom is -0.399 e. The Morgan fingerprint density at radius 2 is 1.85 bits per heavy atom. The van der Waals surface area contributed by atoms with E-state index in [9.17, 15) is 8.42 Å². The second-order valence-electron chi connectivity index (χ2n) is 4.23. The van der Waals surface area contributed by atoms with Crippen molar-refractivity contribution in [2.45, 2.75) is 11.8 Å². The fourth-order valence-electron chi connectivity index (χ4n) is 1.63. The number of halogens is 2. The highest BCUT2D eigenvalue weighted by atomic mass is 35.5. The van der Waals surface area contributed by atoms with Crippen molar-refractivity contribution < 1.29 is 8.42 Å². The van der Waals surface area contributed by atoms with E-state index in [0.717, 1.165) is 5.56 Å². The normalized spacial score (nSPS) is 11.3. The van der Waals surface area contributed by atoms with Crippen molar-refractivity contribution in [3.05, 3.63) is 52.0 Å². The maximum Gasteiger partial charge on any atom is 0.262 e. The first kappa shape index (κ1) is 15.0. The van der Waals surface area contributed by atoms with Gasteiger partial charge in [0.05, 0.1) is 20.6 Å². The van der Waals surface area contributed by atoms with Crippen molar-refractivity contribution in [3.63, 3.8) is 0 Å². The molecule has 4 nitrogen and oxygen atoms in total. The summed E-state index contributed by atoms with van der Waals surface area (Å²) in [6.07, 6.45) is 0. The molecule has 0 radical (unpaired) electrons. The first-order valence-corrected chi connectivity index (χ1v) is 7.88. The first-order valence-electron chi connectivity index (χ1n) is 5.64. The van der Waals surface area contributed by atoms with Gasteiger partial charge in [0, 0.05) is 5.69 Å². The van der Waals surface area contributed by atoms with Gasteiger partial charge in [0.15, 0.2) is 0 Å². The van der Waals surface area contributed by atoms with Crippen LogP contribution < -0.4 is 10.5 Å². The van der Waals surface area contributed by atoms with E-state index in [-0.39, 0.29) is 20.6 Å². The predicted molar refractivity (Wildman–Crippen MR) is 82.9 cm³/mol. The number of nitrogens with two attached hydrogens (primary N) is 1. The number of nitrogen functional groups attached to an aromatic ring is 1. The molecule has 0 aliphatic heterocycles. The monoisotopic (exact) mass is 330 g/mol. The summed E-state index contributed by atoms with van der Waals surface area (Å²) in [4.78, 5) is 0.0474. The molecule has 2 aromatic rings. The predicted octanol–water partition coefficient (Wildman–Crippen LogP) is 3.68. The van der Waals surface area contributed by atoms with E-state index in [0.29, 0.717) is 5.69 Å². The molecule has 0 saturated carbocycles. The molecule has 0 bridgehead atoms. The second-order valence-corrected chi connectivity index (χ2v) is 6.70. The Hall–Kier alpha value is -1.43. The SMILES string of the molecule is Cc1ccc(Cl)c(NS(=O)(=O)c2cccc(N)c2)c1Cl. The van der Waals surface area contributed by atoms with Gasteiger partial charge in [-0.05, 0) is 36.8 Å². The van der Waals surface area contributed by atoms with Gasteiger partial charge in [0.2, 0.25) is 0 Å². The van der Waals surface area contributed by atoms with Gasteiger partial charge in [-0.25, -0.2) is 8.42 Å². The number of anilines is 2. The van der Waals surface area contributed by atoms with E-state index in [1.165, 1.54) is 12.1 Å². The van der Waals surface area contributed by atoms with E-state index < -0.39 is 10.0 Å². The van der Waals surface area contributed by atoms with Gasteiger partial charge in [0.25, 0.3) is 10.0 Å². The summed E-state index contributed by atoms with van der Waals surface area (Å²) in [5.41, 5.74) is 6.83. The fraction of sp³-hybridized carbons (Fsp3) is 0.0769. The van der Waals surface area contributed by atoms with Crippen molar-refractivity contribution in [1.29, 1.82) is 0 Å². The minimum absolute atomic E-state index is 0.0474. The van der Waals surface area contributed by atoms with Crippen LogP contribution in [0.1, 0.15) is 5.56 Å². The molecule has 0 heterocycles. The van der Waals surface area contributed by atoms with Crippen LogP contribution in [0.2, 0.25) is 10.0 Å². The minimum atomic E-state index is -3.80. The smallest absolute Gasteiger partial charge is 0.262 e. The molecule has 0 fully saturated rings. The van der Waals surface area contributed by atoms with Gasteiger partial charge in [0.1, 0.15) is 0 Å². The van der Waals surface area contributed by atoms with E-state index in [4.69, 9.17) is 28.9 Å². The van der Waals surface area contributed by atoms with E-state index in [2.05, 4.69) is 4.72 Å². The van der Waals surface area contributed by atoms with E-state index >= 15 is 0 Å². The maximum absolute atomic E-state index is 12.3. The molecule has 0 atom stereocenters. The van der Waals surface area contributed by atoms with Crippen LogP contribution in [-0.2, 0) is 10.0 Å². The number of aryl methyl sites for hydroxylation is 1. The standard InChI is InChI=1S/C13H12Cl2N2O2S/c1-8-5-6-11(14)13(12(8)15)17-20(18,19)10-4-2-3-9(16)7-10/h2-7,17H,16H2,1H3. The molecule has 0 unspecified atom stereocenters. The van der Waals surface area contributed by atoms with Crippen molar-refractivity contribution >= 4 is 44.6 Å². The van der Waals surface area contributed by atoms with Crippen LogP contribution in [0, 0.1) is 6.92 Å². The lowest BCUT2D eigenvalue weighted by molar-refractivity contribution is 0.601. The summed E-state index contributed by atoms with van der Waals surface area (Å²) in [5, 5.41) is 0.498. The number of hydrogen-bond acceptors (Lipinski definition) is 3. The Labute approximate surface area is 127 Å². The van der Waals surface area contributed by atoms with Gasteiger partial charge in [-0.2, -0.15) is 0 Å². The fourth-order valence-corrected chi connectivity index (χ4v) is 3.35. The summed E-state index contributed by atoms with van der Waals surface area (Å²) in [5.74, 6) is 0. The van der Waals surface area contributed by atoms with Crippen molar-refractivity contribution in [2.24, 2.45) is 0 Å². The Morgan fingerprint density at radius 1 is 1.15 bits per heavy atom. The molecule has 7 heteroatoms. The second kappa shape index (κ2) is 5.52.